The Morgan fingerprint density at radius 3 is 2.44 bits per heavy atom. The van der Waals surface area contributed by atoms with Crippen molar-refractivity contribution in [2.24, 2.45) is 0 Å². The fraction of sp³-hybridized carbons (Fsp3) is 0.647. The number of methoxy groups -OCH3 is 1. The van der Waals surface area contributed by atoms with Crippen LogP contribution in [0.1, 0.15) is 27.0 Å². The quantitative estimate of drug-likeness (QED) is 0.635. The maximum Gasteiger partial charge on any atom is 0.330 e. The van der Waals surface area contributed by atoms with Crippen LogP contribution in [0, 0.1) is 0 Å². The predicted molar refractivity (Wildman–Crippen MR) is 98.3 cm³/mol. The van der Waals surface area contributed by atoms with Crippen molar-refractivity contribution in [2.45, 2.75) is 63.4 Å². The summed E-state index contributed by atoms with van der Waals surface area (Å²) in [7, 11) is -0.531. The molecule has 8 heteroatoms. The van der Waals surface area contributed by atoms with Crippen molar-refractivity contribution in [3.05, 3.63) is 45.8 Å². The lowest BCUT2D eigenvalue weighted by atomic mass is 10.1. The molecule has 2 unspecified atom stereocenters. The first-order valence-corrected chi connectivity index (χ1v) is 11.2. The van der Waals surface area contributed by atoms with Gasteiger partial charge >= 0.3 is 5.69 Å². The van der Waals surface area contributed by atoms with Crippen molar-refractivity contribution < 1.29 is 13.9 Å². The summed E-state index contributed by atoms with van der Waals surface area (Å²) in [5, 5.41) is 0.0178. The topological polar surface area (TPSA) is 82.6 Å². The van der Waals surface area contributed by atoms with Crippen LogP contribution in [0.3, 0.4) is 0 Å². The Morgan fingerprint density at radius 1 is 1.32 bits per heavy atom. The van der Waals surface area contributed by atoms with Crippen LogP contribution in [-0.4, -0.2) is 43.3 Å². The second kappa shape index (κ2) is 7.03. The molecule has 0 bridgehead atoms. The van der Waals surface area contributed by atoms with Crippen LogP contribution in [0.4, 0.5) is 0 Å². The Bertz CT molecular complexity index is 734. The highest BCUT2D eigenvalue weighted by Crippen LogP contribution is 2.41. The van der Waals surface area contributed by atoms with E-state index in [1.807, 2.05) is 0 Å². The summed E-state index contributed by atoms with van der Waals surface area (Å²) in [6.45, 7) is 14.6. The van der Waals surface area contributed by atoms with Gasteiger partial charge in [0, 0.05) is 19.4 Å². The van der Waals surface area contributed by atoms with Crippen molar-refractivity contribution in [3.63, 3.8) is 0 Å². The summed E-state index contributed by atoms with van der Waals surface area (Å²) in [4.78, 5) is 25.7. The van der Waals surface area contributed by atoms with E-state index in [0.29, 0.717) is 0 Å². The fourth-order valence-corrected chi connectivity index (χ4v) is 3.91. The highest BCUT2D eigenvalue weighted by Gasteiger charge is 2.50. The Kier molecular flexibility index (Phi) is 5.58. The maximum absolute atomic E-state index is 12.1. The number of aromatic amines is 1. The second-order valence-electron chi connectivity index (χ2n) is 7.79. The normalized spacial score (nSPS) is 27.4. The zero-order valence-electron chi connectivity index (χ0n) is 15.7. The molecule has 25 heavy (non-hydrogen) atoms. The number of nitrogens with one attached hydrogen (secondary N) is 1. The highest BCUT2D eigenvalue weighted by molar-refractivity contribution is 6.74. The van der Waals surface area contributed by atoms with Crippen molar-refractivity contribution >= 4 is 8.32 Å². The smallest absolute Gasteiger partial charge is 0.330 e. The lowest BCUT2D eigenvalue weighted by Crippen LogP contribution is -2.49. The van der Waals surface area contributed by atoms with E-state index in [9.17, 15) is 9.59 Å². The third-order valence-corrected chi connectivity index (χ3v) is 9.57. The van der Waals surface area contributed by atoms with Gasteiger partial charge < -0.3 is 13.9 Å². The van der Waals surface area contributed by atoms with Crippen molar-refractivity contribution in [1.82, 2.24) is 9.55 Å². The Labute approximate surface area is 148 Å². The molecule has 140 valence electrons. The summed E-state index contributed by atoms with van der Waals surface area (Å²) >= 11 is 0. The van der Waals surface area contributed by atoms with Gasteiger partial charge in [-0.1, -0.05) is 26.8 Å². The van der Waals surface area contributed by atoms with Gasteiger partial charge in [0.25, 0.3) is 5.56 Å². The van der Waals surface area contributed by atoms with Crippen LogP contribution >= 0.6 is 0 Å². The molecule has 0 spiro atoms. The molecule has 1 aromatic rings. The minimum absolute atomic E-state index is 0.0178. The summed E-state index contributed by atoms with van der Waals surface area (Å²) in [5.74, 6) is 0. The van der Waals surface area contributed by atoms with Crippen LogP contribution in [0.25, 0.3) is 0 Å². The number of H-pyrrole nitrogens is 1. The lowest BCUT2D eigenvalue weighted by Gasteiger charge is -2.40. The molecule has 0 aromatic carbocycles. The van der Waals surface area contributed by atoms with E-state index in [2.05, 4.69) is 45.4 Å². The molecule has 1 fully saturated rings. The number of hydrogen-bond acceptors (Lipinski definition) is 5. The molecular formula is C17H28N2O5Si. The third-order valence-electron chi connectivity index (χ3n) is 5.09. The number of nitrogens with zero attached hydrogens (tertiary/aromatic N) is 1. The van der Waals surface area contributed by atoms with Gasteiger partial charge in [-0.15, -0.1) is 6.58 Å². The van der Waals surface area contributed by atoms with Crippen LogP contribution in [0.15, 0.2) is 34.5 Å². The maximum atomic E-state index is 12.1. The van der Waals surface area contributed by atoms with Crippen LogP contribution in [0.5, 0.6) is 0 Å². The minimum atomic E-state index is -2.09. The van der Waals surface area contributed by atoms with E-state index in [1.54, 1.807) is 13.2 Å². The highest BCUT2D eigenvalue weighted by atomic mass is 28.4. The molecule has 2 rings (SSSR count). The number of aromatic nitrogens is 2. The summed E-state index contributed by atoms with van der Waals surface area (Å²) in [6.07, 6.45) is 1.08. The molecular weight excluding hydrogens is 340 g/mol. The van der Waals surface area contributed by atoms with Gasteiger partial charge in [-0.3, -0.25) is 14.3 Å². The van der Waals surface area contributed by atoms with E-state index in [1.165, 1.54) is 16.8 Å². The fourth-order valence-electron chi connectivity index (χ4n) is 2.61. The standard InChI is InChI=1S/C17H28N2O5Si/c1-8-11-13(24-25(6,7)17(2,3)4)14(22-5)15(23-11)19-10-9-12(20)18-16(19)21/h8-11,13-15H,1H2,2-7H3,(H,18,20,21)/t11-,13?,14?,15-/m1/s1. The van der Waals surface area contributed by atoms with Gasteiger partial charge in [0.2, 0.25) is 0 Å². The van der Waals surface area contributed by atoms with Crippen LogP contribution in [0.2, 0.25) is 18.1 Å². The van der Waals surface area contributed by atoms with E-state index >= 15 is 0 Å². The Balaban J connectivity index is 2.39. The molecule has 7 nitrogen and oxygen atoms in total. The van der Waals surface area contributed by atoms with Gasteiger partial charge in [-0.2, -0.15) is 0 Å². The summed E-state index contributed by atoms with van der Waals surface area (Å²) in [6, 6.07) is 1.28. The summed E-state index contributed by atoms with van der Waals surface area (Å²) < 4.78 is 19.5. The summed E-state index contributed by atoms with van der Waals surface area (Å²) in [5.41, 5.74) is -1.00. The number of ether oxygens (including phenoxy) is 2. The van der Waals surface area contributed by atoms with Gasteiger partial charge in [0.15, 0.2) is 14.5 Å². The van der Waals surface area contributed by atoms with Gasteiger partial charge in [0.05, 0.1) is 0 Å². The molecule has 0 amide bonds. The van der Waals surface area contributed by atoms with E-state index < -0.39 is 38.0 Å². The molecule has 0 radical (unpaired) electrons. The second-order valence-corrected chi connectivity index (χ2v) is 12.5. The van der Waals surface area contributed by atoms with Crippen molar-refractivity contribution in [3.8, 4) is 0 Å². The first kappa shape index (κ1) is 19.8. The Hall–Kier alpha value is -1.48. The average molecular weight is 369 g/mol. The van der Waals surface area contributed by atoms with Crippen molar-refractivity contribution in [2.75, 3.05) is 7.11 Å². The number of rotatable bonds is 5. The molecule has 0 aliphatic carbocycles. The minimum Gasteiger partial charge on any atom is -0.408 e. The first-order chi connectivity index (χ1) is 11.5. The predicted octanol–water partition coefficient (Wildman–Crippen LogP) is 2.03. The lowest BCUT2D eigenvalue weighted by molar-refractivity contribution is -0.0482. The van der Waals surface area contributed by atoms with Crippen molar-refractivity contribution in [1.29, 1.82) is 0 Å². The van der Waals surface area contributed by atoms with E-state index in [0.717, 1.165) is 0 Å². The largest absolute Gasteiger partial charge is 0.408 e. The van der Waals surface area contributed by atoms with E-state index in [4.69, 9.17) is 13.9 Å². The zero-order chi connectivity index (χ0) is 19.0. The zero-order valence-corrected chi connectivity index (χ0v) is 16.7. The first-order valence-electron chi connectivity index (χ1n) is 8.32. The van der Waals surface area contributed by atoms with Gasteiger partial charge in [-0.25, -0.2) is 4.79 Å². The molecule has 1 aliphatic heterocycles. The average Bonchev–Trinajstić information content (AvgIpc) is 2.82. The molecule has 1 N–H and O–H groups in total. The number of hydrogen-bond donors (Lipinski definition) is 1. The molecule has 1 aromatic heterocycles. The SMILES string of the molecule is C=C[C@H]1O[C@@H](n2ccc(=O)[nH]c2=O)C(OC)C1O[Si](C)(C)C(C)(C)C. The molecule has 4 atom stereocenters. The molecule has 0 saturated carbocycles. The van der Waals surface area contributed by atoms with Gasteiger partial charge in [0.1, 0.15) is 18.3 Å². The molecule has 1 aliphatic rings. The third kappa shape index (κ3) is 3.87. The van der Waals surface area contributed by atoms with Crippen LogP contribution < -0.4 is 11.2 Å². The molecule has 1 saturated heterocycles. The van der Waals surface area contributed by atoms with E-state index in [-0.39, 0.29) is 11.1 Å². The molecule has 2 heterocycles. The monoisotopic (exact) mass is 368 g/mol. The Morgan fingerprint density at radius 2 is 1.96 bits per heavy atom. The van der Waals surface area contributed by atoms with Crippen LogP contribution in [-0.2, 0) is 13.9 Å². The van der Waals surface area contributed by atoms with Gasteiger partial charge in [-0.05, 0) is 18.1 Å².